The SMILES string of the molecule is O=C1Nc2cc(-c3ccn[nH]3)nc(C3CC3)c2CN1c1cc2c(cc1Cl)CCC(c1ncccc1F)O2. The maximum Gasteiger partial charge on any atom is 0.326 e. The molecule has 1 atom stereocenters. The van der Waals surface area contributed by atoms with E-state index in [-0.39, 0.29) is 11.7 Å². The number of urea groups is 1. The van der Waals surface area contributed by atoms with Crippen LogP contribution in [0.15, 0.2) is 48.8 Å². The number of carbonyl (C=O) groups is 1. The molecule has 7 rings (SSSR count). The van der Waals surface area contributed by atoms with Crippen molar-refractivity contribution < 1.29 is 13.9 Å². The molecule has 2 aliphatic heterocycles. The number of amides is 2. The van der Waals surface area contributed by atoms with Gasteiger partial charge in [-0.1, -0.05) is 11.6 Å². The molecular formula is C27H22ClFN6O2. The third-order valence-electron chi connectivity index (χ3n) is 7.16. The first kappa shape index (κ1) is 22.2. The van der Waals surface area contributed by atoms with Crippen molar-refractivity contribution in [1.29, 1.82) is 0 Å². The maximum absolute atomic E-state index is 14.4. The highest BCUT2D eigenvalue weighted by atomic mass is 35.5. The van der Waals surface area contributed by atoms with Crippen LogP contribution in [0.3, 0.4) is 0 Å². The molecule has 2 amide bonds. The van der Waals surface area contributed by atoms with Crippen LogP contribution in [0.4, 0.5) is 20.6 Å². The van der Waals surface area contributed by atoms with Gasteiger partial charge in [0.2, 0.25) is 0 Å². The topological polar surface area (TPSA) is 96.0 Å². The van der Waals surface area contributed by atoms with Gasteiger partial charge >= 0.3 is 6.03 Å². The Morgan fingerprint density at radius 1 is 1.11 bits per heavy atom. The molecule has 0 radical (unpaired) electrons. The van der Waals surface area contributed by atoms with E-state index in [1.54, 1.807) is 29.4 Å². The number of H-pyrrole nitrogens is 1. The van der Waals surface area contributed by atoms with Crippen LogP contribution < -0.4 is 15.0 Å². The number of nitrogens with zero attached hydrogens (tertiary/aromatic N) is 4. The first-order valence-electron chi connectivity index (χ1n) is 12.3. The van der Waals surface area contributed by atoms with Crippen molar-refractivity contribution in [3.8, 4) is 17.1 Å². The van der Waals surface area contributed by atoms with E-state index in [2.05, 4.69) is 20.5 Å². The molecule has 4 aromatic rings. The molecule has 186 valence electrons. The minimum absolute atomic E-state index is 0.280. The number of ether oxygens (including phenoxy) is 1. The van der Waals surface area contributed by atoms with E-state index < -0.39 is 11.9 Å². The fourth-order valence-electron chi connectivity index (χ4n) is 5.13. The number of aromatic nitrogens is 4. The molecule has 8 nitrogen and oxygen atoms in total. The summed E-state index contributed by atoms with van der Waals surface area (Å²) in [6, 6.07) is 10.0. The average Bonchev–Trinajstić information content (AvgIpc) is 3.60. The molecule has 1 saturated carbocycles. The lowest BCUT2D eigenvalue weighted by molar-refractivity contribution is 0.167. The third-order valence-corrected chi connectivity index (χ3v) is 7.46. The predicted octanol–water partition coefficient (Wildman–Crippen LogP) is 6.16. The summed E-state index contributed by atoms with van der Waals surface area (Å²) >= 11 is 6.70. The Morgan fingerprint density at radius 2 is 2.00 bits per heavy atom. The zero-order valence-electron chi connectivity index (χ0n) is 19.7. The Morgan fingerprint density at radius 3 is 2.78 bits per heavy atom. The van der Waals surface area contributed by atoms with Crippen molar-refractivity contribution >= 4 is 29.0 Å². The summed E-state index contributed by atoms with van der Waals surface area (Å²) in [5.74, 6) is 0.547. The predicted molar refractivity (Wildman–Crippen MR) is 136 cm³/mol. The fourth-order valence-corrected chi connectivity index (χ4v) is 5.42. The highest BCUT2D eigenvalue weighted by Crippen LogP contribution is 2.46. The molecule has 1 aromatic carbocycles. The molecule has 0 saturated heterocycles. The highest BCUT2D eigenvalue weighted by Gasteiger charge is 2.35. The lowest BCUT2D eigenvalue weighted by Crippen LogP contribution is -2.39. The number of hydrogen-bond acceptors (Lipinski definition) is 5. The first-order chi connectivity index (χ1) is 18.0. The number of nitrogens with one attached hydrogen (secondary N) is 2. The summed E-state index contributed by atoms with van der Waals surface area (Å²) in [6.45, 7) is 0.333. The van der Waals surface area contributed by atoms with Crippen LogP contribution in [0.25, 0.3) is 11.4 Å². The van der Waals surface area contributed by atoms with Gasteiger partial charge in [0.25, 0.3) is 0 Å². The summed E-state index contributed by atoms with van der Waals surface area (Å²) in [6.07, 6.45) is 6.12. The van der Waals surface area contributed by atoms with Gasteiger partial charge in [-0.05, 0) is 61.6 Å². The summed E-state index contributed by atoms with van der Waals surface area (Å²) in [5, 5.41) is 10.5. The zero-order chi connectivity index (χ0) is 25.1. The number of rotatable bonds is 4. The van der Waals surface area contributed by atoms with Gasteiger partial charge in [0.1, 0.15) is 23.4 Å². The second kappa shape index (κ2) is 8.55. The number of halogens is 2. The number of aromatic amines is 1. The lowest BCUT2D eigenvalue weighted by atomic mass is 9.98. The van der Waals surface area contributed by atoms with E-state index in [9.17, 15) is 9.18 Å². The van der Waals surface area contributed by atoms with Crippen LogP contribution in [0.1, 0.15) is 53.8 Å². The molecule has 1 fully saturated rings. The van der Waals surface area contributed by atoms with Crippen LogP contribution in [-0.4, -0.2) is 26.2 Å². The summed E-state index contributed by atoms with van der Waals surface area (Å²) < 4.78 is 20.5. The molecule has 3 aliphatic rings. The maximum atomic E-state index is 14.4. The van der Waals surface area contributed by atoms with Crippen molar-refractivity contribution in [3.63, 3.8) is 0 Å². The Kier molecular flexibility index (Phi) is 5.14. The minimum Gasteiger partial charge on any atom is -0.484 e. The quantitative estimate of drug-likeness (QED) is 0.339. The van der Waals surface area contributed by atoms with Crippen LogP contribution >= 0.6 is 11.6 Å². The Hall–Kier alpha value is -3.98. The van der Waals surface area contributed by atoms with Crippen molar-refractivity contribution in [1.82, 2.24) is 20.2 Å². The number of fused-ring (bicyclic) bond motifs is 2. The van der Waals surface area contributed by atoms with Crippen LogP contribution in [0, 0.1) is 5.82 Å². The summed E-state index contributed by atoms with van der Waals surface area (Å²) in [4.78, 5) is 24.1. The Bertz CT molecular complexity index is 1540. The Labute approximate surface area is 216 Å². The number of benzene rings is 1. The van der Waals surface area contributed by atoms with E-state index in [1.807, 2.05) is 18.2 Å². The van der Waals surface area contributed by atoms with Crippen LogP contribution in [0.5, 0.6) is 5.75 Å². The average molecular weight is 517 g/mol. The molecule has 0 spiro atoms. The largest absolute Gasteiger partial charge is 0.484 e. The number of pyridine rings is 2. The van der Waals surface area contributed by atoms with Gasteiger partial charge in [-0.15, -0.1) is 0 Å². The minimum atomic E-state index is -0.509. The number of aryl methyl sites for hydroxylation is 1. The molecule has 2 N–H and O–H groups in total. The molecule has 1 unspecified atom stereocenters. The summed E-state index contributed by atoms with van der Waals surface area (Å²) in [5.41, 5.74) is 6.00. The van der Waals surface area contributed by atoms with Gasteiger partial charge in [-0.2, -0.15) is 5.10 Å². The van der Waals surface area contributed by atoms with E-state index in [0.717, 1.165) is 46.7 Å². The normalized spacial score (nSPS) is 18.6. The van der Waals surface area contributed by atoms with Crippen molar-refractivity contribution in [2.75, 3.05) is 10.2 Å². The molecule has 3 aromatic heterocycles. The second-order valence-electron chi connectivity index (χ2n) is 9.61. The van der Waals surface area contributed by atoms with Crippen molar-refractivity contribution in [2.45, 2.75) is 44.2 Å². The van der Waals surface area contributed by atoms with Crippen LogP contribution in [0.2, 0.25) is 5.02 Å². The molecule has 5 heterocycles. The van der Waals surface area contributed by atoms with Gasteiger partial charge in [-0.3, -0.25) is 20.0 Å². The highest BCUT2D eigenvalue weighted by molar-refractivity contribution is 6.34. The van der Waals surface area contributed by atoms with E-state index in [1.165, 1.54) is 6.07 Å². The van der Waals surface area contributed by atoms with Crippen molar-refractivity contribution in [3.05, 3.63) is 82.1 Å². The monoisotopic (exact) mass is 516 g/mol. The molecule has 37 heavy (non-hydrogen) atoms. The fraction of sp³-hybridized carbons (Fsp3) is 0.259. The third kappa shape index (κ3) is 3.90. The van der Waals surface area contributed by atoms with Gasteiger partial charge in [0.05, 0.1) is 40.0 Å². The van der Waals surface area contributed by atoms with Gasteiger partial charge in [0.15, 0.2) is 0 Å². The van der Waals surface area contributed by atoms with Crippen molar-refractivity contribution in [2.24, 2.45) is 0 Å². The molecule has 0 bridgehead atoms. The number of hydrogen-bond donors (Lipinski definition) is 2. The zero-order valence-corrected chi connectivity index (χ0v) is 20.4. The van der Waals surface area contributed by atoms with Crippen LogP contribution in [-0.2, 0) is 13.0 Å². The molecule has 10 heteroatoms. The smallest absolute Gasteiger partial charge is 0.326 e. The van der Waals surface area contributed by atoms with Gasteiger partial charge in [-0.25, -0.2) is 9.18 Å². The number of carbonyl (C=O) groups excluding carboxylic acids is 1. The van der Waals surface area contributed by atoms with E-state index >= 15 is 0 Å². The van der Waals surface area contributed by atoms with Gasteiger partial charge < -0.3 is 10.1 Å². The lowest BCUT2D eigenvalue weighted by Gasteiger charge is -2.33. The van der Waals surface area contributed by atoms with Gasteiger partial charge in [0, 0.05) is 29.9 Å². The standard InChI is InChI=1S/C27H22ClFN6O2/c28-17-10-15-5-6-23(26-18(29)2-1-8-30-26)37-24(15)12-22(17)35-13-16-20(33-27(35)36)11-21(19-7-9-31-34-19)32-25(16)14-3-4-14/h1-2,7-12,14,23H,3-6,13H2,(H,31,34)(H,33,36). The van der Waals surface area contributed by atoms with E-state index in [4.69, 9.17) is 21.3 Å². The molecule has 1 aliphatic carbocycles. The molecular weight excluding hydrogens is 495 g/mol. The van der Waals surface area contributed by atoms with E-state index in [0.29, 0.717) is 41.8 Å². The Balaban J connectivity index is 1.24. The summed E-state index contributed by atoms with van der Waals surface area (Å²) in [7, 11) is 0. The second-order valence-corrected chi connectivity index (χ2v) is 10.0. The number of anilines is 2. The first-order valence-corrected chi connectivity index (χ1v) is 12.6.